The Balaban J connectivity index is 2.05. The number of nitrogens with zero attached hydrogens (tertiary/aromatic N) is 2. The molecule has 1 aromatic rings. The quantitative estimate of drug-likeness (QED) is 0.906. The number of aliphatic imine (C=N–C) groups is 1. The van der Waals surface area contributed by atoms with Crippen LogP contribution in [0.25, 0.3) is 0 Å². The molecular weight excluding hydrogens is 268 g/mol. The first kappa shape index (κ1) is 12.3. The van der Waals surface area contributed by atoms with E-state index < -0.39 is 5.72 Å². The van der Waals surface area contributed by atoms with Crippen LogP contribution in [0.5, 0.6) is 0 Å². The predicted molar refractivity (Wildman–Crippen MR) is 76.0 cm³/mol. The monoisotopic (exact) mass is 282 g/mol. The lowest BCUT2D eigenvalue weighted by atomic mass is 9.96. The molecule has 1 N–H and O–H groups in total. The van der Waals surface area contributed by atoms with Crippen molar-refractivity contribution < 1.29 is 5.11 Å². The fourth-order valence-corrected chi connectivity index (χ4v) is 4.13. The zero-order valence-electron chi connectivity index (χ0n) is 10.1. The highest BCUT2D eigenvalue weighted by Crippen LogP contribution is 2.47. The third-order valence-electron chi connectivity index (χ3n) is 3.55. The molecule has 0 spiro atoms. The first-order chi connectivity index (χ1) is 8.66. The molecule has 0 saturated carbocycles. The molecule has 3 nitrogen and oxygen atoms in total. The fraction of sp³-hybridized carbons (Fsp3) is 0.462. The van der Waals surface area contributed by atoms with Gasteiger partial charge in [-0.25, -0.2) is 0 Å². The zero-order chi connectivity index (χ0) is 12.8. The number of amidine groups is 1. The van der Waals surface area contributed by atoms with Crippen molar-refractivity contribution in [1.82, 2.24) is 4.90 Å². The van der Waals surface area contributed by atoms with Gasteiger partial charge in [0.2, 0.25) is 0 Å². The van der Waals surface area contributed by atoms with Gasteiger partial charge in [-0.1, -0.05) is 42.4 Å². The van der Waals surface area contributed by atoms with Crippen LogP contribution >= 0.6 is 23.4 Å². The second-order valence-corrected chi connectivity index (χ2v) is 6.17. The van der Waals surface area contributed by atoms with Gasteiger partial charge in [0, 0.05) is 17.1 Å². The van der Waals surface area contributed by atoms with Gasteiger partial charge < -0.3 is 10.0 Å². The van der Waals surface area contributed by atoms with Crippen molar-refractivity contribution in [1.29, 1.82) is 0 Å². The summed E-state index contributed by atoms with van der Waals surface area (Å²) in [5, 5.41) is 13.0. The van der Waals surface area contributed by atoms with Crippen LogP contribution in [0.2, 0.25) is 5.02 Å². The number of aliphatic hydroxyl groups is 1. The molecule has 96 valence electrons. The van der Waals surface area contributed by atoms with Crippen molar-refractivity contribution in [2.75, 3.05) is 13.1 Å². The van der Waals surface area contributed by atoms with Crippen molar-refractivity contribution >= 4 is 28.5 Å². The van der Waals surface area contributed by atoms with E-state index in [-0.39, 0.29) is 5.25 Å². The van der Waals surface area contributed by atoms with Crippen LogP contribution in [0.1, 0.15) is 18.9 Å². The second kappa shape index (κ2) is 4.44. The van der Waals surface area contributed by atoms with Gasteiger partial charge in [0.1, 0.15) is 0 Å². The van der Waals surface area contributed by atoms with Crippen LogP contribution in [0, 0.1) is 0 Å². The normalized spacial score (nSPS) is 30.5. The Bertz CT molecular complexity index is 490. The van der Waals surface area contributed by atoms with Crippen LogP contribution in [-0.4, -0.2) is 33.5 Å². The predicted octanol–water partition coefficient (Wildman–Crippen LogP) is 2.68. The van der Waals surface area contributed by atoms with Crippen LogP contribution < -0.4 is 0 Å². The van der Waals surface area contributed by atoms with Gasteiger partial charge in [-0.15, -0.1) is 0 Å². The molecule has 0 amide bonds. The van der Waals surface area contributed by atoms with E-state index in [2.05, 4.69) is 11.9 Å². The number of hydrogen-bond acceptors (Lipinski definition) is 4. The minimum Gasteiger partial charge on any atom is -0.366 e. The molecule has 1 aromatic carbocycles. The van der Waals surface area contributed by atoms with Crippen molar-refractivity contribution in [3.63, 3.8) is 0 Å². The largest absolute Gasteiger partial charge is 0.366 e. The topological polar surface area (TPSA) is 35.8 Å². The Kier molecular flexibility index (Phi) is 3.04. The third kappa shape index (κ3) is 1.67. The second-order valence-electron chi connectivity index (χ2n) is 4.56. The maximum Gasteiger partial charge on any atom is 0.178 e. The highest BCUT2D eigenvalue weighted by Gasteiger charge is 2.52. The van der Waals surface area contributed by atoms with E-state index in [0.717, 1.165) is 30.2 Å². The summed E-state index contributed by atoms with van der Waals surface area (Å²) in [6, 6.07) is 7.48. The number of halogens is 1. The number of rotatable bonds is 2. The van der Waals surface area contributed by atoms with Crippen LogP contribution in [0.4, 0.5) is 0 Å². The van der Waals surface area contributed by atoms with Gasteiger partial charge >= 0.3 is 0 Å². The summed E-state index contributed by atoms with van der Waals surface area (Å²) in [6.45, 7) is 3.66. The Hall–Kier alpha value is -0.710. The van der Waals surface area contributed by atoms with Gasteiger partial charge in [0.05, 0.1) is 11.8 Å². The maximum atomic E-state index is 11.2. The molecule has 2 aliphatic heterocycles. The average Bonchev–Trinajstić information content (AvgIpc) is 2.93. The minimum atomic E-state index is -0.945. The standard InChI is InChI=1S/C13H15ClN2OS/c1-2-11-13(17,9-3-5-10(14)6-4-9)16-8-7-15-12(16)18-11/h3-6,11,17H,2,7-8H2,1H3/t11-,13-/m0/s1. The molecule has 2 heterocycles. The van der Waals surface area contributed by atoms with E-state index in [1.807, 2.05) is 29.2 Å². The third-order valence-corrected chi connectivity index (χ3v) is 5.31. The lowest BCUT2D eigenvalue weighted by Gasteiger charge is -2.36. The van der Waals surface area contributed by atoms with Crippen molar-refractivity contribution in [2.24, 2.45) is 4.99 Å². The van der Waals surface area contributed by atoms with Gasteiger partial charge in [-0.05, 0) is 18.6 Å². The van der Waals surface area contributed by atoms with Gasteiger partial charge in [0.25, 0.3) is 0 Å². The summed E-state index contributed by atoms with van der Waals surface area (Å²) in [5.41, 5.74) is -0.0439. The van der Waals surface area contributed by atoms with E-state index in [0.29, 0.717) is 5.02 Å². The van der Waals surface area contributed by atoms with E-state index in [1.54, 1.807) is 11.8 Å². The first-order valence-corrected chi connectivity index (χ1v) is 7.39. The summed E-state index contributed by atoms with van der Waals surface area (Å²) >= 11 is 7.60. The molecule has 18 heavy (non-hydrogen) atoms. The SMILES string of the molecule is CC[C@@H]1SC2=NCCN2[C@]1(O)c1ccc(Cl)cc1. The Morgan fingerprint density at radius 1 is 1.50 bits per heavy atom. The smallest absolute Gasteiger partial charge is 0.178 e. The molecule has 1 saturated heterocycles. The summed E-state index contributed by atoms with van der Waals surface area (Å²) < 4.78 is 0. The molecule has 2 atom stereocenters. The summed E-state index contributed by atoms with van der Waals surface area (Å²) in [6.07, 6.45) is 0.902. The van der Waals surface area contributed by atoms with Crippen LogP contribution in [0.3, 0.4) is 0 Å². The zero-order valence-corrected chi connectivity index (χ0v) is 11.7. The number of benzene rings is 1. The Labute approximate surface area is 116 Å². The van der Waals surface area contributed by atoms with E-state index in [9.17, 15) is 5.11 Å². The van der Waals surface area contributed by atoms with Crippen LogP contribution in [0.15, 0.2) is 29.3 Å². The van der Waals surface area contributed by atoms with Crippen molar-refractivity contribution in [3.05, 3.63) is 34.9 Å². The number of fused-ring (bicyclic) bond motifs is 1. The average molecular weight is 283 g/mol. The van der Waals surface area contributed by atoms with Gasteiger partial charge in [-0.3, -0.25) is 4.99 Å². The number of hydrogen-bond donors (Lipinski definition) is 1. The highest BCUT2D eigenvalue weighted by atomic mass is 35.5. The Morgan fingerprint density at radius 3 is 2.89 bits per heavy atom. The summed E-state index contributed by atoms with van der Waals surface area (Å²) in [4.78, 5) is 6.48. The highest BCUT2D eigenvalue weighted by molar-refractivity contribution is 8.14. The van der Waals surface area contributed by atoms with Crippen molar-refractivity contribution in [3.8, 4) is 0 Å². The molecule has 0 aliphatic carbocycles. The first-order valence-electron chi connectivity index (χ1n) is 6.13. The van der Waals surface area contributed by atoms with E-state index in [4.69, 9.17) is 11.6 Å². The molecule has 2 aliphatic rings. The van der Waals surface area contributed by atoms with E-state index in [1.165, 1.54) is 0 Å². The lowest BCUT2D eigenvalue weighted by Crippen LogP contribution is -2.47. The molecule has 1 fully saturated rings. The molecule has 0 radical (unpaired) electrons. The molecular formula is C13H15ClN2OS. The van der Waals surface area contributed by atoms with Gasteiger partial charge in [0.15, 0.2) is 10.9 Å². The summed E-state index contributed by atoms with van der Waals surface area (Å²) in [5.74, 6) is 0. The maximum absolute atomic E-state index is 11.2. The van der Waals surface area contributed by atoms with Gasteiger partial charge in [-0.2, -0.15) is 0 Å². The number of thioether (sulfide) groups is 1. The lowest BCUT2D eigenvalue weighted by molar-refractivity contribution is -0.0663. The Morgan fingerprint density at radius 2 is 2.22 bits per heavy atom. The molecule has 3 rings (SSSR count). The van der Waals surface area contributed by atoms with E-state index >= 15 is 0 Å². The molecule has 0 aromatic heterocycles. The fourth-order valence-electron chi connectivity index (χ4n) is 2.63. The molecule has 5 heteroatoms. The summed E-state index contributed by atoms with van der Waals surface area (Å²) in [7, 11) is 0. The molecule has 0 bridgehead atoms. The molecule has 0 unspecified atom stereocenters. The van der Waals surface area contributed by atoms with Crippen LogP contribution in [-0.2, 0) is 5.72 Å². The van der Waals surface area contributed by atoms with Crippen molar-refractivity contribution in [2.45, 2.75) is 24.3 Å². The minimum absolute atomic E-state index is 0.123.